The van der Waals surface area contributed by atoms with E-state index in [1.807, 2.05) is 11.7 Å². The fraction of sp³-hybridized carbons (Fsp3) is 0.786. The predicted octanol–water partition coefficient (Wildman–Crippen LogP) is 1.41. The molecule has 0 amide bonds. The maximum atomic E-state index is 4.52. The fourth-order valence-corrected chi connectivity index (χ4v) is 2.89. The van der Waals surface area contributed by atoms with Gasteiger partial charge in [0.1, 0.15) is 0 Å². The van der Waals surface area contributed by atoms with Crippen LogP contribution in [-0.2, 0) is 20.0 Å². The average molecular weight is 250 g/mol. The number of aryl methyl sites for hydroxylation is 2. The van der Waals surface area contributed by atoms with Crippen molar-refractivity contribution in [2.24, 2.45) is 13.0 Å². The highest BCUT2D eigenvalue weighted by molar-refractivity contribution is 5.16. The summed E-state index contributed by atoms with van der Waals surface area (Å²) in [5, 5.41) is 7.81. The third kappa shape index (κ3) is 3.33. The Morgan fingerprint density at radius 1 is 1.39 bits per heavy atom. The molecule has 1 aliphatic rings. The number of likely N-dealkylation sites (tertiary alicyclic amines) is 1. The predicted molar refractivity (Wildman–Crippen MR) is 74.5 cm³/mol. The molecule has 0 saturated carbocycles. The molecule has 18 heavy (non-hydrogen) atoms. The number of piperidine rings is 1. The van der Waals surface area contributed by atoms with Crippen LogP contribution in [0.5, 0.6) is 0 Å². The zero-order valence-corrected chi connectivity index (χ0v) is 11.9. The number of nitrogens with zero attached hydrogens (tertiary/aromatic N) is 3. The van der Waals surface area contributed by atoms with Crippen LogP contribution in [0.15, 0.2) is 6.20 Å². The number of hydrogen-bond acceptors (Lipinski definition) is 3. The van der Waals surface area contributed by atoms with Crippen molar-refractivity contribution in [1.82, 2.24) is 20.0 Å². The van der Waals surface area contributed by atoms with Gasteiger partial charge in [-0.3, -0.25) is 9.58 Å². The summed E-state index contributed by atoms with van der Waals surface area (Å²) in [6, 6.07) is 0. The van der Waals surface area contributed by atoms with E-state index in [0.717, 1.165) is 18.9 Å². The smallest absolute Gasteiger partial charge is 0.0666 e. The third-order valence-corrected chi connectivity index (χ3v) is 3.92. The molecule has 1 N–H and O–H groups in total. The molecule has 0 bridgehead atoms. The summed E-state index contributed by atoms with van der Waals surface area (Å²) >= 11 is 0. The van der Waals surface area contributed by atoms with Crippen LogP contribution in [0.4, 0.5) is 0 Å². The Balaban J connectivity index is 1.87. The van der Waals surface area contributed by atoms with Gasteiger partial charge in [0, 0.05) is 25.4 Å². The minimum Gasteiger partial charge on any atom is -0.319 e. The molecule has 2 heterocycles. The Kier molecular flexibility index (Phi) is 4.78. The van der Waals surface area contributed by atoms with E-state index in [0.29, 0.717) is 0 Å². The molecule has 4 heteroatoms. The lowest BCUT2D eigenvalue weighted by atomic mass is 9.96. The Morgan fingerprint density at radius 3 is 2.72 bits per heavy atom. The van der Waals surface area contributed by atoms with Gasteiger partial charge in [-0.15, -0.1) is 0 Å². The van der Waals surface area contributed by atoms with Crippen LogP contribution in [0.3, 0.4) is 0 Å². The van der Waals surface area contributed by atoms with Crippen molar-refractivity contribution in [2.45, 2.75) is 32.7 Å². The molecule has 0 spiro atoms. The molecule has 2 rings (SSSR count). The van der Waals surface area contributed by atoms with Gasteiger partial charge < -0.3 is 5.32 Å². The van der Waals surface area contributed by atoms with Crippen LogP contribution >= 0.6 is 0 Å². The molecule has 1 aliphatic heterocycles. The zero-order valence-electron chi connectivity index (χ0n) is 11.9. The first-order chi connectivity index (χ1) is 8.72. The Labute approximate surface area is 110 Å². The van der Waals surface area contributed by atoms with Crippen molar-refractivity contribution >= 4 is 0 Å². The lowest BCUT2D eigenvalue weighted by molar-refractivity contribution is 0.176. The number of rotatable bonds is 5. The van der Waals surface area contributed by atoms with Crippen LogP contribution in [0.2, 0.25) is 0 Å². The van der Waals surface area contributed by atoms with Gasteiger partial charge >= 0.3 is 0 Å². The molecule has 0 atom stereocenters. The minimum absolute atomic E-state index is 0.866. The highest BCUT2D eigenvalue weighted by atomic mass is 15.3. The molecule has 0 aromatic carbocycles. The molecule has 1 aromatic heterocycles. The maximum absolute atomic E-state index is 4.52. The normalized spacial score (nSPS) is 18.4. The minimum atomic E-state index is 0.866. The first kappa shape index (κ1) is 13.6. The first-order valence-electron chi connectivity index (χ1n) is 7.11. The van der Waals surface area contributed by atoms with Crippen molar-refractivity contribution in [2.75, 3.05) is 26.7 Å². The lowest BCUT2D eigenvalue weighted by Gasteiger charge is -2.31. The molecule has 102 valence electrons. The number of nitrogens with one attached hydrogen (secondary N) is 1. The topological polar surface area (TPSA) is 33.1 Å². The van der Waals surface area contributed by atoms with Gasteiger partial charge in [0.05, 0.1) is 5.69 Å². The molecule has 0 aliphatic carbocycles. The molecule has 1 aromatic rings. The van der Waals surface area contributed by atoms with Crippen molar-refractivity contribution in [3.63, 3.8) is 0 Å². The molecule has 4 nitrogen and oxygen atoms in total. The van der Waals surface area contributed by atoms with Crippen molar-refractivity contribution in [3.8, 4) is 0 Å². The van der Waals surface area contributed by atoms with Gasteiger partial charge in [0.2, 0.25) is 0 Å². The molecule has 1 saturated heterocycles. The highest BCUT2D eigenvalue weighted by Crippen LogP contribution is 2.19. The summed E-state index contributed by atoms with van der Waals surface area (Å²) in [5.41, 5.74) is 2.67. The third-order valence-electron chi connectivity index (χ3n) is 3.92. The first-order valence-corrected chi connectivity index (χ1v) is 7.11. The van der Waals surface area contributed by atoms with Crippen molar-refractivity contribution < 1.29 is 0 Å². The van der Waals surface area contributed by atoms with Gasteiger partial charge in [0.15, 0.2) is 0 Å². The Morgan fingerprint density at radius 2 is 2.11 bits per heavy atom. The SMILES string of the molecule is CCc1nn(C)cc1CN1CCC(CNC)CC1. The zero-order chi connectivity index (χ0) is 13.0. The summed E-state index contributed by atoms with van der Waals surface area (Å²) in [6.45, 7) is 6.88. The Hall–Kier alpha value is -0.870. The van der Waals surface area contributed by atoms with E-state index in [9.17, 15) is 0 Å². The Bertz CT molecular complexity index is 364. The van der Waals surface area contributed by atoms with E-state index in [-0.39, 0.29) is 0 Å². The lowest BCUT2D eigenvalue weighted by Crippen LogP contribution is -2.36. The summed E-state index contributed by atoms with van der Waals surface area (Å²) < 4.78 is 1.95. The largest absolute Gasteiger partial charge is 0.319 e. The van der Waals surface area contributed by atoms with Gasteiger partial charge in [-0.25, -0.2) is 0 Å². The standard InChI is InChI=1S/C14H26N4/c1-4-14-13(10-17(3)16-14)11-18-7-5-12(6-8-18)9-15-2/h10,12,15H,4-9,11H2,1-3H3. The van der Waals surface area contributed by atoms with Crippen molar-refractivity contribution in [1.29, 1.82) is 0 Å². The van der Waals surface area contributed by atoms with E-state index < -0.39 is 0 Å². The van der Waals surface area contributed by atoms with E-state index in [1.165, 1.54) is 43.7 Å². The summed E-state index contributed by atoms with van der Waals surface area (Å²) in [5.74, 6) is 0.866. The summed E-state index contributed by atoms with van der Waals surface area (Å²) in [4.78, 5) is 2.57. The fourth-order valence-electron chi connectivity index (χ4n) is 2.89. The van der Waals surface area contributed by atoms with Crippen LogP contribution in [-0.4, -0.2) is 41.4 Å². The van der Waals surface area contributed by atoms with Crippen LogP contribution < -0.4 is 5.32 Å². The second-order valence-electron chi connectivity index (χ2n) is 5.41. The van der Waals surface area contributed by atoms with Crippen LogP contribution in [0, 0.1) is 5.92 Å². The van der Waals surface area contributed by atoms with Gasteiger partial charge in [-0.1, -0.05) is 6.92 Å². The summed E-state index contributed by atoms with van der Waals surface area (Å²) in [7, 11) is 4.07. The average Bonchev–Trinajstić information content (AvgIpc) is 2.72. The van der Waals surface area contributed by atoms with Gasteiger partial charge in [-0.05, 0) is 51.9 Å². The van der Waals surface area contributed by atoms with E-state index in [4.69, 9.17) is 0 Å². The monoisotopic (exact) mass is 250 g/mol. The van der Waals surface area contributed by atoms with E-state index in [1.54, 1.807) is 0 Å². The quantitative estimate of drug-likeness (QED) is 0.858. The second-order valence-corrected chi connectivity index (χ2v) is 5.41. The van der Waals surface area contributed by atoms with Crippen molar-refractivity contribution in [3.05, 3.63) is 17.5 Å². The molecule has 0 radical (unpaired) electrons. The molecular formula is C14H26N4. The summed E-state index contributed by atoms with van der Waals surface area (Å²) in [6.07, 6.45) is 5.86. The van der Waals surface area contributed by atoms with Crippen LogP contribution in [0.1, 0.15) is 31.0 Å². The van der Waals surface area contributed by atoms with Crippen LogP contribution in [0.25, 0.3) is 0 Å². The van der Waals surface area contributed by atoms with Gasteiger partial charge in [-0.2, -0.15) is 5.10 Å². The van der Waals surface area contributed by atoms with Gasteiger partial charge in [0.25, 0.3) is 0 Å². The van der Waals surface area contributed by atoms with E-state index >= 15 is 0 Å². The highest BCUT2D eigenvalue weighted by Gasteiger charge is 2.19. The number of aromatic nitrogens is 2. The maximum Gasteiger partial charge on any atom is 0.0666 e. The second kappa shape index (κ2) is 6.34. The molecule has 1 fully saturated rings. The number of hydrogen-bond donors (Lipinski definition) is 1. The molecular weight excluding hydrogens is 224 g/mol. The van der Waals surface area contributed by atoms with E-state index in [2.05, 4.69) is 35.5 Å². The molecule has 0 unspecified atom stereocenters.